The van der Waals surface area contributed by atoms with Crippen molar-refractivity contribution in [1.29, 1.82) is 0 Å². The minimum Gasteiger partial charge on any atom is -0.444 e. The predicted molar refractivity (Wildman–Crippen MR) is 132 cm³/mol. The number of benzene rings is 1. The van der Waals surface area contributed by atoms with E-state index < -0.39 is 17.7 Å². The first-order valence-electron chi connectivity index (χ1n) is 11.7. The van der Waals surface area contributed by atoms with Crippen molar-refractivity contribution in [1.82, 2.24) is 35.2 Å². The summed E-state index contributed by atoms with van der Waals surface area (Å²) in [7, 11) is 0. The molecule has 186 valence electrons. The number of halogens is 1. The molecule has 1 fully saturated rings. The van der Waals surface area contributed by atoms with Crippen LogP contribution in [0.4, 0.5) is 4.79 Å². The van der Waals surface area contributed by atoms with Crippen molar-refractivity contribution in [3.63, 3.8) is 0 Å². The van der Waals surface area contributed by atoms with Crippen molar-refractivity contribution in [2.75, 3.05) is 0 Å². The van der Waals surface area contributed by atoms with E-state index in [-0.39, 0.29) is 12.3 Å². The first kappa shape index (κ1) is 23.9. The molecular weight excluding hydrogens is 482 g/mol. The van der Waals surface area contributed by atoms with Crippen LogP contribution >= 0.6 is 11.6 Å². The van der Waals surface area contributed by atoms with Crippen LogP contribution in [0.3, 0.4) is 0 Å². The smallest absolute Gasteiger partial charge is 0.408 e. The Kier molecular flexibility index (Phi) is 6.44. The summed E-state index contributed by atoms with van der Waals surface area (Å²) < 4.78 is 13.2. The molecule has 36 heavy (non-hydrogen) atoms. The van der Waals surface area contributed by atoms with Crippen LogP contribution in [-0.4, -0.2) is 41.6 Å². The largest absolute Gasteiger partial charge is 0.444 e. The third-order valence-electron chi connectivity index (χ3n) is 5.52. The maximum absolute atomic E-state index is 12.7. The Hall–Kier alpha value is -3.79. The Morgan fingerprint density at radius 1 is 1.19 bits per heavy atom. The third-order valence-corrected chi connectivity index (χ3v) is 5.75. The van der Waals surface area contributed by atoms with Gasteiger partial charge in [0.15, 0.2) is 5.82 Å². The lowest BCUT2D eigenvalue weighted by atomic mass is 10.1. The lowest BCUT2D eigenvalue weighted by Gasteiger charge is -2.22. The Morgan fingerprint density at radius 2 is 1.97 bits per heavy atom. The maximum Gasteiger partial charge on any atom is 0.408 e. The molecule has 1 aliphatic rings. The summed E-state index contributed by atoms with van der Waals surface area (Å²) in [5.74, 6) is 2.06. The number of hydrogen-bond donors (Lipinski definition) is 1. The van der Waals surface area contributed by atoms with E-state index in [2.05, 4.69) is 35.2 Å². The number of ether oxygens (including phenoxy) is 1. The second-order valence-corrected chi connectivity index (χ2v) is 10.1. The van der Waals surface area contributed by atoms with E-state index in [1.54, 1.807) is 45.3 Å². The number of rotatable bonds is 7. The molecule has 4 aromatic rings. The average Bonchev–Trinajstić information content (AvgIpc) is 3.38. The standard InChI is InChI=1S/C25H26ClN7O3/c1-25(2,3)35-24(34)28-19(23-29-21(32-36-23)16-5-4-6-17(26)13-16)14-20-30-31-22(33(20)18-7-8-18)15-9-11-27-12-10-15/h4-6,9-13,18-19H,7-8,14H2,1-3H3,(H,28,34). The van der Waals surface area contributed by atoms with Gasteiger partial charge in [0.2, 0.25) is 11.7 Å². The fraction of sp³-hybridized carbons (Fsp3) is 0.360. The van der Waals surface area contributed by atoms with Gasteiger partial charge in [-0.15, -0.1) is 10.2 Å². The van der Waals surface area contributed by atoms with Gasteiger partial charge in [-0.05, 0) is 57.9 Å². The van der Waals surface area contributed by atoms with Crippen LogP contribution in [0.25, 0.3) is 22.8 Å². The first-order chi connectivity index (χ1) is 17.3. The van der Waals surface area contributed by atoms with Crippen molar-refractivity contribution >= 4 is 17.7 Å². The van der Waals surface area contributed by atoms with Gasteiger partial charge < -0.3 is 19.1 Å². The molecule has 0 radical (unpaired) electrons. The highest BCUT2D eigenvalue weighted by atomic mass is 35.5. The highest BCUT2D eigenvalue weighted by molar-refractivity contribution is 6.30. The number of carbonyl (C=O) groups excluding carboxylic acids is 1. The van der Waals surface area contributed by atoms with Crippen molar-refractivity contribution < 1.29 is 14.1 Å². The Balaban J connectivity index is 1.47. The van der Waals surface area contributed by atoms with Crippen molar-refractivity contribution in [2.24, 2.45) is 0 Å². The Morgan fingerprint density at radius 3 is 2.67 bits per heavy atom. The fourth-order valence-electron chi connectivity index (χ4n) is 3.83. The number of nitrogens with zero attached hydrogens (tertiary/aromatic N) is 6. The molecule has 1 N–H and O–H groups in total. The van der Waals surface area contributed by atoms with Crippen LogP contribution < -0.4 is 5.32 Å². The highest BCUT2D eigenvalue weighted by Crippen LogP contribution is 2.39. The van der Waals surface area contributed by atoms with Crippen LogP contribution in [0, 0.1) is 0 Å². The van der Waals surface area contributed by atoms with E-state index in [9.17, 15) is 4.79 Å². The molecule has 1 amide bonds. The molecule has 5 rings (SSSR count). The molecule has 11 heteroatoms. The third kappa shape index (κ3) is 5.54. The Labute approximate surface area is 213 Å². The molecule has 1 aromatic carbocycles. The molecule has 1 unspecified atom stereocenters. The van der Waals surface area contributed by atoms with Gasteiger partial charge in [-0.1, -0.05) is 28.9 Å². The molecule has 1 saturated carbocycles. The molecule has 1 atom stereocenters. The van der Waals surface area contributed by atoms with Gasteiger partial charge in [0.1, 0.15) is 17.5 Å². The molecule has 10 nitrogen and oxygen atoms in total. The van der Waals surface area contributed by atoms with Gasteiger partial charge in [0.05, 0.1) is 0 Å². The minimum absolute atomic E-state index is 0.228. The molecule has 3 heterocycles. The maximum atomic E-state index is 12.7. The number of amides is 1. The molecule has 0 bridgehead atoms. The van der Waals surface area contributed by atoms with E-state index in [0.29, 0.717) is 28.3 Å². The lowest BCUT2D eigenvalue weighted by Crippen LogP contribution is -2.36. The van der Waals surface area contributed by atoms with Crippen LogP contribution in [-0.2, 0) is 11.2 Å². The summed E-state index contributed by atoms with van der Waals surface area (Å²) in [5, 5.41) is 16.5. The van der Waals surface area contributed by atoms with E-state index in [1.807, 2.05) is 24.3 Å². The monoisotopic (exact) mass is 507 g/mol. The van der Waals surface area contributed by atoms with E-state index >= 15 is 0 Å². The van der Waals surface area contributed by atoms with Gasteiger partial charge >= 0.3 is 6.09 Å². The summed E-state index contributed by atoms with van der Waals surface area (Å²) >= 11 is 6.13. The summed E-state index contributed by atoms with van der Waals surface area (Å²) in [6, 6.07) is 10.6. The summed E-state index contributed by atoms with van der Waals surface area (Å²) in [4.78, 5) is 21.4. The minimum atomic E-state index is -0.688. The van der Waals surface area contributed by atoms with Gasteiger partial charge in [-0.3, -0.25) is 4.98 Å². The van der Waals surface area contributed by atoms with Crippen molar-refractivity contribution in [3.05, 3.63) is 65.5 Å². The number of hydrogen-bond acceptors (Lipinski definition) is 8. The number of aromatic nitrogens is 6. The number of carbonyl (C=O) groups is 1. The van der Waals surface area contributed by atoms with Crippen LogP contribution in [0.1, 0.15) is 57.4 Å². The van der Waals surface area contributed by atoms with Crippen LogP contribution in [0.2, 0.25) is 5.02 Å². The van der Waals surface area contributed by atoms with E-state index in [0.717, 1.165) is 24.2 Å². The second-order valence-electron chi connectivity index (χ2n) is 9.65. The van der Waals surface area contributed by atoms with Gasteiger partial charge in [0.25, 0.3) is 0 Å². The number of nitrogens with one attached hydrogen (secondary N) is 1. The van der Waals surface area contributed by atoms with Gasteiger partial charge in [0, 0.05) is 41.0 Å². The second kappa shape index (κ2) is 9.69. The first-order valence-corrected chi connectivity index (χ1v) is 12.1. The highest BCUT2D eigenvalue weighted by Gasteiger charge is 2.33. The molecule has 0 spiro atoms. The zero-order chi connectivity index (χ0) is 25.3. The summed E-state index contributed by atoms with van der Waals surface area (Å²) in [6.07, 6.45) is 5.21. The molecule has 0 aliphatic heterocycles. The summed E-state index contributed by atoms with van der Waals surface area (Å²) in [6.45, 7) is 5.41. The van der Waals surface area contributed by atoms with Crippen molar-refractivity contribution in [3.8, 4) is 22.8 Å². The predicted octanol–water partition coefficient (Wildman–Crippen LogP) is 5.19. The zero-order valence-electron chi connectivity index (χ0n) is 20.2. The van der Waals surface area contributed by atoms with E-state index in [4.69, 9.17) is 20.9 Å². The molecular formula is C25H26ClN7O3. The number of pyridine rings is 1. The van der Waals surface area contributed by atoms with Gasteiger partial charge in [-0.25, -0.2) is 4.79 Å². The molecule has 0 saturated heterocycles. The normalized spacial score (nSPS) is 14.4. The van der Waals surface area contributed by atoms with Crippen LogP contribution in [0.5, 0.6) is 0 Å². The lowest BCUT2D eigenvalue weighted by molar-refractivity contribution is 0.0493. The fourth-order valence-corrected chi connectivity index (χ4v) is 4.02. The number of alkyl carbamates (subject to hydrolysis) is 1. The van der Waals surface area contributed by atoms with E-state index in [1.165, 1.54) is 0 Å². The quantitative estimate of drug-likeness (QED) is 0.363. The average molecular weight is 508 g/mol. The summed E-state index contributed by atoms with van der Waals surface area (Å²) in [5.41, 5.74) is 0.959. The van der Waals surface area contributed by atoms with Gasteiger partial charge in [-0.2, -0.15) is 4.98 Å². The van der Waals surface area contributed by atoms with Crippen LogP contribution in [0.15, 0.2) is 53.3 Å². The topological polar surface area (TPSA) is 121 Å². The molecule has 3 aromatic heterocycles. The zero-order valence-corrected chi connectivity index (χ0v) is 20.9. The SMILES string of the molecule is CC(C)(C)OC(=O)NC(Cc1nnc(-c2ccncc2)n1C1CC1)c1nc(-c2cccc(Cl)c2)no1. The molecule has 1 aliphatic carbocycles. The Bertz CT molecular complexity index is 1360. The van der Waals surface area contributed by atoms with Crippen molar-refractivity contribution in [2.45, 2.75) is 57.7 Å².